The zero-order valence-corrected chi connectivity index (χ0v) is 10.8. The first-order valence-electron chi connectivity index (χ1n) is 6.80. The first kappa shape index (κ1) is 12.4. The van der Waals surface area contributed by atoms with Crippen molar-refractivity contribution in [3.63, 3.8) is 0 Å². The molecule has 4 nitrogen and oxygen atoms in total. The van der Waals surface area contributed by atoms with Crippen LogP contribution in [0.3, 0.4) is 0 Å². The summed E-state index contributed by atoms with van der Waals surface area (Å²) in [5.74, 6) is 0.148. The van der Waals surface area contributed by atoms with Crippen LogP contribution in [0.1, 0.15) is 24.4 Å². The smallest absolute Gasteiger partial charge is 0.232 e. The van der Waals surface area contributed by atoms with Crippen molar-refractivity contribution in [1.82, 2.24) is 10.2 Å². The predicted molar refractivity (Wildman–Crippen MR) is 71.5 cm³/mol. The van der Waals surface area contributed by atoms with Crippen molar-refractivity contribution in [2.75, 3.05) is 19.6 Å². The molecule has 2 fully saturated rings. The molecule has 100 valence electrons. The maximum atomic E-state index is 12.5. The number of hydrogen-bond donors (Lipinski definition) is 1. The van der Waals surface area contributed by atoms with E-state index in [1.54, 1.807) is 4.90 Å². The molecule has 0 aromatic heterocycles. The molecule has 0 bridgehead atoms. The van der Waals surface area contributed by atoms with Crippen LogP contribution in [0.5, 0.6) is 0 Å². The Morgan fingerprint density at radius 3 is 2.58 bits per heavy atom. The number of benzene rings is 1. The van der Waals surface area contributed by atoms with Gasteiger partial charge in [-0.2, -0.15) is 0 Å². The van der Waals surface area contributed by atoms with Crippen LogP contribution >= 0.6 is 0 Å². The van der Waals surface area contributed by atoms with E-state index in [1.807, 2.05) is 18.2 Å². The minimum atomic E-state index is -0.282. The lowest BCUT2D eigenvalue weighted by Gasteiger charge is -2.57. The van der Waals surface area contributed by atoms with Crippen LogP contribution in [0.4, 0.5) is 0 Å². The highest BCUT2D eigenvalue weighted by molar-refractivity contribution is 5.92. The molecule has 0 aliphatic carbocycles. The molecule has 1 N–H and O–H groups in total. The molecule has 1 atom stereocenters. The molecule has 1 aromatic carbocycles. The van der Waals surface area contributed by atoms with Crippen LogP contribution in [0.25, 0.3) is 0 Å². The van der Waals surface area contributed by atoms with Gasteiger partial charge in [-0.25, -0.2) is 0 Å². The van der Waals surface area contributed by atoms with Crippen molar-refractivity contribution < 1.29 is 9.59 Å². The van der Waals surface area contributed by atoms with Crippen LogP contribution in [-0.2, 0) is 9.59 Å². The highest BCUT2D eigenvalue weighted by Gasteiger charge is 2.60. The quantitative estimate of drug-likeness (QED) is 0.653. The van der Waals surface area contributed by atoms with E-state index in [0.29, 0.717) is 0 Å². The van der Waals surface area contributed by atoms with Crippen molar-refractivity contribution >= 4 is 12.2 Å². The van der Waals surface area contributed by atoms with Crippen LogP contribution in [0, 0.1) is 5.41 Å². The molecule has 0 saturated carbocycles. The predicted octanol–water partition coefficient (Wildman–Crippen LogP) is 1.14. The third-order valence-corrected chi connectivity index (χ3v) is 4.40. The number of nitrogens with one attached hydrogen (secondary N) is 1. The van der Waals surface area contributed by atoms with E-state index in [9.17, 15) is 9.59 Å². The van der Waals surface area contributed by atoms with Gasteiger partial charge >= 0.3 is 0 Å². The molecule has 1 amide bonds. The third kappa shape index (κ3) is 1.78. The molecular weight excluding hydrogens is 240 g/mol. The summed E-state index contributed by atoms with van der Waals surface area (Å²) in [7, 11) is 0. The molecule has 2 aliphatic rings. The second-order valence-electron chi connectivity index (χ2n) is 5.34. The van der Waals surface area contributed by atoms with Gasteiger partial charge in [-0.1, -0.05) is 30.3 Å². The normalized spacial score (nSPS) is 25.2. The van der Waals surface area contributed by atoms with Gasteiger partial charge in [0.15, 0.2) is 0 Å². The van der Waals surface area contributed by atoms with Crippen LogP contribution in [0.2, 0.25) is 0 Å². The topological polar surface area (TPSA) is 49.4 Å². The number of carbonyl (C=O) groups excluding carboxylic acids is 2. The molecule has 4 heteroatoms. The number of hydrogen-bond acceptors (Lipinski definition) is 3. The number of β-lactam (4-membered cyclic amide) rings is 1. The van der Waals surface area contributed by atoms with E-state index in [2.05, 4.69) is 17.4 Å². The number of rotatable bonds is 3. The van der Waals surface area contributed by atoms with E-state index in [4.69, 9.17) is 0 Å². The molecular formula is C15H18N2O2. The van der Waals surface area contributed by atoms with Gasteiger partial charge < -0.3 is 15.0 Å². The number of piperidine rings is 1. The van der Waals surface area contributed by atoms with Crippen molar-refractivity contribution in [3.8, 4) is 0 Å². The minimum absolute atomic E-state index is 0.0634. The Balaban J connectivity index is 1.95. The molecule has 2 saturated heterocycles. The van der Waals surface area contributed by atoms with Gasteiger partial charge in [0, 0.05) is 0 Å². The zero-order valence-electron chi connectivity index (χ0n) is 10.8. The summed E-state index contributed by atoms with van der Waals surface area (Å²) in [6.07, 6.45) is 2.54. The second-order valence-corrected chi connectivity index (χ2v) is 5.34. The second kappa shape index (κ2) is 4.78. The molecule has 0 radical (unpaired) electrons. The van der Waals surface area contributed by atoms with Gasteiger partial charge in [-0.05, 0) is 31.5 Å². The fraction of sp³-hybridized carbons (Fsp3) is 0.467. The number of aldehydes is 1. The lowest BCUT2D eigenvalue weighted by Crippen LogP contribution is -2.66. The Morgan fingerprint density at radius 2 is 1.95 bits per heavy atom. The maximum absolute atomic E-state index is 12.5. The van der Waals surface area contributed by atoms with Crippen molar-refractivity contribution in [2.45, 2.75) is 18.9 Å². The number of nitrogens with zero attached hydrogens (tertiary/aromatic N) is 1. The Labute approximate surface area is 112 Å². The summed E-state index contributed by atoms with van der Waals surface area (Å²) >= 11 is 0. The van der Waals surface area contributed by atoms with Crippen molar-refractivity contribution in [1.29, 1.82) is 0 Å². The minimum Gasteiger partial charge on any atom is -0.327 e. The lowest BCUT2D eigenvalue weighted by atomic mass is 9.62. The molecule has 1 aromatic rings. The molecule has 3 rings (SSSR count). The number of likely N-dealkylation sites (tertiary alicyclic amines) is 1. The number of amides is 1. The SMILES string of the molecule is O=CCN1C(=O)C2(CCNCC2)C1c1ccccc1. The van der Waals surface area contributed by atoms with Gasteiger partial charge in [-0.15, -0.1) is 0 Å². The van der Waals surface area contributed by atoms with Crippen molar-refractivity contribution in [2.24, 2.45) is 5.41 Å². The summed E-state index contributed by atoms with van der Waals surface area (Å²) in [6.45, 7) is 1.96. The van der Waals surface area contributed by atoms with Gasteiger partial charge in [0.25, 0.3) is 0 Å². The average molecular weight is 258 g/mol. The molecule has 19 heavy (non-hydrogen) atoms. The summed E-state index contributed by atoms with van der Waals surface area (Å²) in [5, 5.41) is 3.31. The van der Waals surface area contributed by atoms with Crippen molar-refractivity contribution in [3.05, 3.63) is 35.9 Å². The van der Waals surface area contributed by atoms with Gasteiger partial charge in [0.05, 0.1) is 18.0 Å². The summed E-state index contributed by atoms with van der Waals surface area (Å²) < 4.78 is 0. The van der Waals surface area contributed by atoms with Crippen LogP contribution in [0.15, 0.2) is 30.3 Å². The van der Waals surface area contributed by atoms with E-state index in [-0.39, 0.29) is 23.9 Å². The van der Waals surface area contributed by atoms with Crippen LogP contribution in [-0.4, -0.2) is 36.7 Å². The summed E-state index contributed by atoms with van der Waals surface area (Å²) in [5.41, 5.74) is 0.862. The van der Waals surface area contributed by atoms with Gasteiger partial charge in [-0.3, -0.25) is 4.79 Å². The molecule has 1 spiro atoms. The van der Waals surface area contributed by atoms with Gasteiger partial charge in [0.1, 0.15) is 6.29 Å². The highest BCUT2D eigenvalue weighted by atomic mass is 16.2. The first-order valence-corrected chi connectivity index (χ1v) is 6.80. The van der Waals surface area contributed by atoms with E-state index >= 15 is 0 Å². The maximum Gasteiger partial charge on any atom is 0.232 e. The summed E-state index contributed by atoms with van der Waals surface area (Å²) in [6, 6.07) is 10.1. The van der Waals surface area contributed by atoms with Crippen LogP contribution < -0.4 is 5.32 Å². The monoisotopic (exact) mass is 258 g/mol. The molecule has 2 aliphatic heterocycles. The van der Waals surface area contributed by atoms with E-state index < -0.39 is 0 Å². The summed E-state index contributed by atoms with van der Waals surface area (Å²) in [4.78, 5) is 25.0. The zero-order chi connectivity index (χ0) is 13.3. The lowest BCUT2D eigenvalue weighted by molar-refractivity contribution is -0.177. The fourth-order valence-electron chi connectivity index (χ4n) is 3.52. The largest absolute Gasteiger partial charge is 0.327 e. The van der Waals surface area contributed by atoms with Gasteiger partial charge in [0.2, 0.25) is 5.91 Å². The fourth-order valence-corrected chi connectivity index (χ4v) is 3.52. The highest BCUT2D eigenvalue weighted by Crippen LogP contribution is 2.54. The average Bonchev–Trinajstić information content (AvgIpc) is 2.48. The third-order valence-electron chi connectivity index (χ3n) is 4.40. The standard InChI is InChI=1S/C15H18N2O2/c18-11-10-17-13(12-4-2-1-3-5-12)15(14(17)19)6-8-16-9-7-15/h1-5,11,13,16H,6-10H2. The van der Waals surface area contributed by atoms with E-state index in [1.165, 1.54) is 0 Å². The Bertz CT molecular complexity index is 480. The van der Waals surface area contributed by atoms with E-state index in [0.717, 1.165) is 37.8 Å². The molecule has 1 unspecified atom stereocenters. The molecule has 2 heterocycles. The number of carbonyl (C=O) groups is 2. The Kier molecular flexibility index (Phi) is 3.11. The Hall–Kier alpha value is -1.68. The Morgan fingerprint density at radius 1 is 1.26 bits per heavy atom. The first-order chi connectivity index (χ1) is 9.29.